The number of imide groups is 1. The van der Waals surface area contributed by atoms with Crippen LogP contribution >= 0.6 is 11.6 Å². The number of nitrogens with zero attached hydrogens (tertiary/aromatic N) is 5. The standard InChI is InChI=1S/C44H50ClN7O2/c1-2-31-28-46-43-40(10-8-38(45)42(31)43)50-23-13-33(14-24-50)32-3-5-35(6-4-32)49-21-11-30(12-22-49)29-48-19-16-36(17-20-48)51-25-15-34-27-37(7-9-39(34)51)52-26-18-41(53)47-44(52)54/h2-10,15,25,27-28,30,33,36,46H,1,11-14,16-24,26,29H2,(H,47,53,54). The number of amides is 3. The highest BCUT2D eigenvalue weighted by molar-refractivity contribution is 6.36. The Labute approximate surface area is 322 Å². The largest absolute Gasteiger partial charge is 0.372 e. The van der Waals surface area contributed by atoms with E-state index in [4.69, 9.17) is 11.6 Å². The van der Waals surface area contributed by atoms with Crippen molar-refractivity contribution in [1.82, 2.24) is 19.8 Å². The van der Waals surface area contributed by atoms with Gasteiger partial charge in [0.05, 0.1) is 16.2 Å². The molecule has 0 radical (unpaired) electrons. The monoisotopic (exact) mass is 743 g/mol. The molecule has 0 saturated carbocycles. The average molecular weight is 744 g/mol. The Kier molecular flexibility index (Phi) is 9.61. The summed E-state index contributed by atoms with van der Waals surface area (Å²) in [5, 5.41) is 5.41. The molecule has 3 aromatic carbocycles. The number of piperidine rings is 3. The minimum absolute atomic E-state index is 0.206. The number of anilines is 3. The van der Waals surface area contributed by atoms with Crippen LogP contribution in [0.4, 0.5) is 21.9 Å². The summed E-state index contributed by atoms with van der Waals surface area (Å²) >= 11 is 6.56. The van der Waals surface area contributed by atoms with Crippen LogP contribution in [0.5, 0.6) is 0 Å². The Bertz CT molecular complexity index is 2170. The molecular weight excluding hydrogens is 694 g/mol. The molecule has 0 bridgehead atoms. The van der Waals surface area contributed by atoms with Crippen LogP contribution in [-0.2, 0) is 4.79 Å². The van der Waals surface area contributed by atoms with Gasteiger partial charge in [0.15, 0.2) is 0 Å². The molecule has 2 N–H and O–H groups in total. The average Bonchev–Trinajstić information content (AvgIpc) is 3.84. The van der Waals surface area contributed by atoms with Crippen LogP contribution in [0.1, 0.15) is 68.0 Å². The van der Waals surface area contributed by atoms with Crippen LogP contribution in [0.15, 0.2) is 79.6 Å². The van der Waals surface area contributed by atoms with E-state index in [-0.39, 0.29) is 11.9 Å². The van der Waals surface area contributed by atoms with Crippen LogP contribution in [0.2, 0.25) is 5.02 Å². The molecule has 3 amide bonds. The van der Waals surface area contributed by atoms with Gasteiger partial charge in [0, 0.05) is 110 Å². The van der Waals surface area contributed by atoms with E-state index >= 15 is 0 Å². The molecule has 9 nitrogen and oxygen atoms in total. The molecule has 9 rings (SSSR count). The van der Waals surface area contributed by atoms with E-state index in [1.807, 2.05) is 24.4 Å². The molecule has 0 spiro atoms. The molecule has 280 valence electrons. The summed E-state index contributed by atoms with van der Waals surface area (Å²) < 4.78 is 2.43. The van der Waals surface area contributed by atoms with E-state index in [2.05, 4.69) is 90.9 Å². The lowest BCUT2D eigenvalue weighted by atomic mass is 9.88. The maximum Gasteiger partial charge on any atom is 0.328 e. The predicted molar refractivity (Wildman–Crippen MR) is 221 cm³/mol. The zero-order valence-electron chi connectivity index (χ0n) is 31.0. The Morgan fingerprint density at radius 1 is 0.796 bits per heavy atom. The second kappa shape index (κ2) is 14.8. The van der Waals surface area contributed by atoms with E-state index in [9.17, 15) is 9.59 Å². The number of hydrogen-bond acceptors (Lipinski definition) is 5. The van der Waals surface area contributed by atoms with Crippen molar-refractivity contribution in [2.24, 2.45) is 5.92 Å². The summed E-state index contributed by atoms with van der Waals surface area (Å²) in [5.41, 5.74) is 8.29. The van der Waals surface area contributed by atoms with E-state index in [0.717, 1.165) is 103 Å². The van der Waals surface area contributed by atoms with Gasteiger partial charge in [-0.3, -0.25) is 15.0 Å². The third kappa shape index (κ3) is 6.77. The lowest BCUT2D eigenvalue weighted by Crippen LogP contribution is -2.49. The van der Waals surface area contributed by atoms with Gasteiger partial charge >= 0.3 is 6.03 Å². The van der Waals surface area contributed by atoms with Gasteiger partial charge in [-0.1, -0.05) is 36.4 Å². The van der Waals surface area contributed by atoms with Crippen molar-refractivity contribution < 1.29 is 9.59 Å². The van der Waals surface area contributed by atoms with Crippen LogP contribution < -0.4 is 20.0 Å². The SMILES string of the molecule is C=Cc1c[nH]c2c(N3CCC(c4ccc(N5CCC(CN6CCC(n7ccc8cc(N9CCC(=O)NC9=O)ccc87)CC6)CC5)cc4)CC3)ccc(Cl)c12. The third-order valence-electron chi connectivity index (χ3n) is 12.7. The number of rotatable bonds is 8. The minimum Gasteiger partial charge on any atom is -0.372 e. The van der Waals surface area contributed by atoms with Crippen LogP contribution in [-0.4, -0.2) is 78.7 Å². The molecule has 4 aliphatic rings. The summed E-state index contributed by atoms with van der Waals surface area (Å²) in [4.78, 5) is 36.9. The van der Waals surface area contributed by atoms with Crippen molar-refractivity contribution in [1.29, 1.82) is 0 Å². The molecule has 4 saturated heterocycles. The zero-order valence-corrected chi connectivity index (χ0v) is 31.7. The van der Waals surface area contributed by atoms with Crippen LogP contribution in [0.25, 0.3) is 27.9 Å². The number of carbonyl (C=O) groups is 2. The van der Waals surface area contributed by atoms with Gasteiger partial charge in [-0.25, -0.2) is 4.79 Å². The Morgan fingerprint density at radius 3 is 2.28 bits per heavy atom. The first kappa shape index (κ1) is 35.0. The van der Waals surface area contributed by atoms with Crippen molar-refractivity contribution in [3.05, 3.63) is 95.8 Å². The highest BCUT2D eigenvalue weighted by atomic mass is 35.5. The second-order valence-corrected chi connectivity index (χ2v) is 16.2. The van der Waals surface area contributed by atoms with Gasteiger partial charge in [-0.05, 0) is 104 Å². The van der Waals surface area contributed by atoms with Gasteiger partial charge < -0.3 is 24.3 Å². The van der Waals surface area contributed by atoms with Crippen molar-refractivity contribution in [3.63, 3.8) is 0 Å². The maximum atomic E-state index is 12.4. The van der Waals surface area contributed by atoms with Gasteiger partial charge in [0.25, 0.3) is 0 Å². The third-order valence-corrected chi connectivity index (χ3v) is 13.0. The van der Waals surface area contributed by atoms with E-state index in [0.29, 0.717) is 24.9 Å². The molecular formula is C44H50ClN7O2. The topological polar surface area (TPSA) is 79.9 Å². The van der Waals surface area contributed by atoms with Gasteiger partial charge in [-0.2, -0.15) is 0 Å². The smallest absolute Gasteiger partial charge is 0.328 e. The maximum absolute atomic E-state index is 12.4. The van der Waals surface area contributed by atoms with Crippen molar-refractivity contribution in [3.8, 4) is 0 Å². The predicted octanol–water partition coefficient (Wildman–Crippen LogP) is 8.80. The number of hydrogen-bond donors (Lipinski definition) is 2. The molecule has 0 aliphatic carbocycles. The van der Waals surface area contributed by atoms with E-state index in [1.54, 1.807) is 4.90 Å². The number of halogens is 1. The Balaban J connectivity index is 0.734. The van der Waals surface area contributed by atoms with Crippen molar-refractivity contribution in [2.75, 3.05) is 67.1 Å². The van der Waals surface area contributed by atoms with Crippen molar-refractivity contribution >= 4 is 68.5 Å². The number of nitrogens with one attached hydrogen (secondary N) is 2. The zero-order chi connectivity index (χ0) is 36.8. The summed E-state index contributed by atoms with van der Waals surface area (Å²) in [6, 6.07) is 22.2. The highest BCUT2D eigenvalue weighted by Crippen LogP contribution is 2.38. The van der Waals surface area contributed by atoms with Gasteiger partial charge in [0.1, 0.15) is 0 Å². The lowest BCUT2D eigenvalue weighted by molar-refractivity contribution is -0.120. The van der Waals surface area contributed by atoms with Crippen molar-refractivity contribution in [2.45, 2.75) is 56.9 Å². The molecule has 2 aromatic heterocycles. The highest BCUT2D eigenvalue weighted by Gasteiger charge is 2.28. The van der Waals surface area contributed by atoms with Gasteiger partial charge in [-0.15, -0.1) is 0 Å². The fraction of sp³-hybridized carbons (Fsp3) is 0.409. The van der Waals surface area contributed by atoms with Crippen LogP contribution in [0, 0.1) is 5.92 Å². The molecule has 4 aliphatic heterocycles. The number of aromatic amines is 1. The first-order chi connectivity index (χ1) is 26.4. The number of carbonyl (C=O) groups excluding carboxylic acids is 2. The Hall–Kier alpha value is -4.73. The molecule has 0 unspecified atom stereocenters. The Morgan fingerprint density at radius 2 is 1.54 bits per heavy atom. The molecule has 54 heavy (non-hydrogen) atoms. The quantitative estimate of drug-likeness (QED) is 0.166. The van der Waals surface area contributed by atoms with E-state index < -0.39 is 0 Å². The number of aromatic nitrogens is 2. The first-order valence-corrected chi connectivity index (χ1v) is 20.3. The number of fused-ring (bicyclic) bond motifs is 2. The molecule has 10 heteroatoms. The molecule has 0 atom stereocenters. The minimum atomic E-state index is -0.335. The van der Waals surface area contributed by atoms with Crippen LogP contribution in [0.3, 0.4) is 0 Å². The fourth-order valence-electron chi connectivity index (χ4n) is 9.62. The summed E-state index contributed by atoms with van der Waals surface area (Å²) in [6.45, 7) is 12.2. The van der Waals surface area contributed by atoms with E-state index in [1.165, 1.54) is 41.8 Å². The number of likely N-dealkylation sites (tertiary alicyclic amines) is 1. The lowest BCUT2D eigenvalue weighted by Gasteiger charge is -2.39. The summed E-state index contributed by atoms with van der Waals surface area (Å²) in [7, 11) is 0. The molecule has 5 aromatic rings. The summed E-state index contributed by atoms with van der Waals surface area (Å²) in [5.74, 6) is 1.14. The molecule has 4 fully saturated rings. The number of H-pyrrole nitrogens is 1. The number of benzene rings is 3. The normalized spacial score (nSPS) is 20.0. The molecule has 6 heterocycles. The number of urea groups is 1. The van der Waals surface area contributed by atoms with Gasteiger partial charge in [0.2, 0.25) is 5.91 Å². The summed E-state index contributed by atoms with van der Waals surface area (Å²) in [6.07, 6.45) is 13.5. The fourth-order valence-corrected chi connectivity index (χ4v) is 9.89. The first-order valence-electron chi connectivity index (χ1n) is 19.9. The second-order valence-electron chi connectivity index (χ2n) is 15.8.